The summed E-state index contributed by atoms with van der Waals surface area (Å²) in [7, 11) is 0. The average molecular weight is 292 g/mol. The van der Waals surface area contributed by atoms with Gasteiger partial charge in [-0.15, -0.1) is 0 Å². The number of H-pyrrole nitrogens is 1. The number of nitrogens with zero attached hydrogens (tertiary/aromatic N) is 1. The van der Waals surface area contributed by atoms with Gasteiger partial charge in [0.05, 0.1) is 24.4 Å². The van der Waals surface area contributed by atoms with E-state index in [2.05, 4.69) is 9.88 Å². The number of aryl methyl sites for hydroxylation is 1. The van der Waals surface area contributed by atoms with Crippen molar-refractivity contribution < 1.29 is 14.3 Å². The number of carbonyl (C=O) groups is 2. The van der Waals surface area contributed by atoms with Crippen LogP contribution in [-0.2, 0) is 4.74 Å². The van der Waals surface area contributed by atoms with Crippen LogP contribution in [0.3, 0.4) is 0 Å². The fourth-order valence-corrected chi connectivity index (χ4v) is 3.10. The summed E-state index contributed by atoms with van der Waals surface area (Å²) in [6.45, 7) is 11.3. The lowest BCUT2D eigenvalue weighted by Crippen LogP contribution is -2.48. The molecule has 5 nitrogen and oxygen atoms in total. The zero-order chi connectivity index (χ0) is 15.7. The number of Topliss-reactive ketones (excluding diaryl/α,β-unsaturated/α-hetero) is 2. The molecule has 21 heavy (non-hydrogen) atoms. The van der Waals surface area contributed by atoms with Crippen LogP contribution in [0.1, 0.15) is 52.9 Å². The molecular formula is C16H24N2O3. The predicted molar refractivity (Wildman–Crippen MR) is 81.1 cm³/mol. The van der Waals surface area contributed by atoms with Crippen molar-refractivity contribution in [1.82, 2.24) is 9.88 Å². The number of rotatable bonds is 4. The molecule has 1 aromatic heterocycles. The number of hydrogen-bond acceptors (Lipinski definition) is 4. The van der Waals surface area contributed by atoms with Crippen molar-refractivity contribution in [3.05, 3.63) is 22.5 Å². The number of aromatic nitrogens is 1. The Morgan fingerprint density at radius 3 is 2.57 bits per heavy atom. The van der Waals surface area contributed by atoms with E-state index in [0.29, 0.717) is 17.9 Å². The molecule has 0 aliphatic carbocycles. The summed E-state index contributed by atoms with van der Waals surface area (Å²) in [4.78, 5) is 29.6. The fraction of sp³-hybridized carbons (Fsp3) is 0.625. The molecule has 1 aliphatic heterocycles. The van der Waals surface area contributed by atoms with Gasteiger partial charge in [-0.25, -0.2) is 0 Å². The number of nitrogens with one attached hydrogen (secondary N) is 1. The number of ether oxygens (including phenoxy) is 1. The molecule has 0 spiro atoms. The van der Waals surface area contributed by atoms with Crippen LogP contribution < -0.4 is 0 Å². The Kier molecular flexibility index (Phi) is 4.64. The molecule has 116 valence electrons. The molecule has 0 amide bonds. The Morgan fingerprint density at radius 1 is 1.38 bits per heavy atom. The van der Waals surface area contributed by atoms with Gasteiger partial charge in [-0.2, -0.15) is 0 Å². The molecular weight excluding hydrogens is 268 g/mol. The van der Waals surface area contributed by atoms with Crippen molar-refractivity contribution in [2.24, 2.45) is 0 Å². The smallest absolute Gasteiger partial charge is 0.196 e. The summed E-state index contributed by atoms with van der Waals surface area (Å²) >= 11 is 0. The number of ketones is 2. The summed E-state index contributed by atoms with van der Waals surface area (Å²) in [6, 6.07) is -0.215. The first-order valence-electron chi connectivity index (χ1n) is 7.42. The van der Waals surface area contributed by atoms with Crippen molar-refractivity contribution in [2.75, 3.05) is 19.7 Å². The van der Waals surface area contributed by atoms with Crippen LogP contribution in [0.25, 0.3) is 0 Å². The highest BCUT2D eigenvalue weighted by Crippen LogP contribution is 2.21. The highest BCUT2D eigenvalue weighted by Gasteiger charge is 2.29. The molecule has 0 radical (unpaired) electrons. The van der Waals surface area contributed by atoms with Gasteiger partial charge in [-0.1, -0.05) is 0 Å². The second-order valence-electron chi connectivity index (χ2n) is 5.90. The van der Waals surface area contributed by atoms with Crippen LogP contribution in [0.2, 0.25) is 0 Å². The number of carbonyl (C=O) groups excluding carboxylic acids is 2. The third-order valence-corrected chi connectivity index (χ3v) is 4.24. The maximum Gasteiger partial charge on any atom is 0.196 e. The van der Waals surface area contributed by atoms with Gasteiger partial charge >= 0.3 is 0 Å². The average Bonchev–Trinajstić information content (AvgIpc) is 2.72. The van der Waals surface area contributed by atoms with E-state index in [-0.39, 0.29) is 23.7 Å². The second-order valence-corrected chi connectivity index (χ2v) is 5.90. The molecule has 0 unspecified atom stereocenters. The third-order valence-electron chi connectivity index (χ3n) is 4.24. The maximum absolute atomic E-state index is 12.7. The zero-order valence-electron chi connectivity index (χ0n) is 13.4. The fourth-order valence-electron chi connectivity index (χ4n) is 3.10. The number of morpholine rings is 1. The molecule has 1 aromatic rings. The van der Waals surface area contributed by atoms with E-state index in [4.69, 9.17) is 4.74 Å². The first-order chi connectivity index (χ1) is 9.82. The molecule has 2 rings (SSSR count). The lowest BCUT2D eigenvalue weighted by Gasteiger charge is -2.34. The van der Waals surface area contributed by atoms with E-state index < -0.39 is 0 Å². The molecule has 2 heterocycles. The topological polar surface area (TPSA) is 62.4 Å². The van der Waals surface area contributed by atoms with Gasteiger partial charge in [0.15, 0.2) is 11.6 Å². The molecule has 0 aromatic carbocycles. The minimum absolute atomic E-state index is 0.00653. The summed E-state index contributed by atoms with van der Waals surface area (Å²) in [5, 5.41) is 0. The standard InChI is InChI=1S/C16H24N2O3/c1-9-8-18(6-7-21-9)12(4)16(20)15-10(2)14(13(5)19)11(3)17-15/h9,12,17H,6-8H2,1-5H3/t9-,12-/m0/s1. The van der Waals surface area contributed by atoms with Crippen molar-refractivity contribution in [3.8, 4) is 0 Å². The second kappa shape index (κ2) is 6.12. The van der Waals surface area contributed by atoms with Crippen molar-refractivity contribution in [3.63, 3.8) is 0 Å². The highest BCUT2D eigenvalue weighted by molar-refractivity contribution is 6.05. The van der Waals surface area contributed by atoms with E-state index >= 15 is 0 Å². The molecule has 1 saturated heterocycles. The van der Waals surface area contributed by atoms with Gasteiger partial charge in [0.25, 0.3) is 0 Å². The normalized spacial score (nSPS) is 21.3. The first-order valence-corrected chi connectivity index (χ1v) is 7.42. The summed E-state index contributed by atoms with van der Waals surface area (Å²) < 4.78 is 5.52. The molecule has 5 heteroatoms. The Bertz CT molecular complexity index is 562. The number of hydrogen-bond donors (Lipinski definition) is 1. The van der Waals surface area contributed by atoms with Gasteiger partial charge in [0.2, 0.25) is 0 Å². The first kappa shape index (κ1) is 15.9. The summed E-state index contributed by atoms with van der Waals surface area (Å²) in [6.07, 6.45) is 0.147. The van der Waals surface area contributed by atoms with Crippen LogP contribution in [0.15, 0.2) is 0 Å². The van der Waals surface area contributed by atoms with Crippen LogP contribution in [0.4, 0.5) is 0 Å². The Balaban J connectivity index is 2.23. The van der Waals surface area contributed by atoms with Crippen LogP contribution >= 0.6 is 0 Å². The molecule has 1 aliphatic rings. The van der Waals surface area contributed by atoms with E-state index in [1.165, 1.54) is 6.92 Å². The maximum atomic E-state index is 12.7. The van der Waals surface area contributed by atoms with Gasteiger partial charge in [-0.3, -0.25) is 14.5 Å². The minimum Gasteiger partial charge on any atom is -0.376 e. The zero-order valence-corrected chi connectivity index (χ0v) is 13.4. The lowest BCUT2D eigenvalue weighted by atomic mass is 10.0. The quantitative estimate of drug-likeness (QED) is 0.864. The van der Waals surface area contributed by atoms with Crippen molar-refractivity contribution in [2.45, 2.75) is 46.8 Å². The van der Waals surface area contributed by atoms with Crippen molar-refractivity contribution in [1.29, 1.82) is 0 Å². The van der Waals surface area contributed by atoms with E-state index in [1.54, 1.807) is 0 Å². The van der Waals surface area contributed by atoms with E-state index in [1.807, 2.05) is 27.7 Å². The minimum atomic E-state index is -0.215. The Hall–Kier alpha value is -1.46. The molecule has 1 fully saturated rings. The van der Waals surface area contributed by atoms with Gasteiger partial charge in [0.1, 0.15) is 0 Å². The van der Waals surface area contributed by atoms with E-state index in [0.717, 1.165) is 24.3 Å². The summed E-state index contributed by atoms with van der Waals surface area (Å²) in [5.74, 6) is 0.0325. The third kappa shape index (κ3) is 3.09. The van der Waals surface area contributed by atoms with Gasteiger partial charge in [0, 0.05) is 24.3 Å². The van der Waals surface area contributed by atoms with Crippen LogP contribution in [0.5, 0.6) is 0 Å². The number of aromatic amines is 1. The van der Waals surface area contributed by atoms with Crippen LogP contribution in [0, 0.1) is 13.8 Å². The van der Waals surface area contributed by atoms with Crippen molar-refractivity contribution >= 4 is 11.6 Å². The van der Waals surface area contributed by atoms with E-state index in [9.17, 15) is 9.59 Å². The van der Waals surface area contributed by atoms with Crippen LogP contribution in [-0.4, -0.2) is 53.3 Å². The lowest BCUT2D eigenvalue weighted by molar-refractivity contribution is -0.0278. The molecule has 1 N–H and O–H groups in total. The molecule has 0 saturated carbocycles. The monoisotopic (exact) mass is 292 g/mol. The SMILES string of the molecule is CC(=O)c1c(C)[nH]c(C(=O)[C@H](C)N2CCO[C@@H](C)C2)c1C. The Morgan fingerprint density at radius 2 is 2.05 bits per heavy atom. The highest BCUT2D eigenvalue weighted by atomic mass is 16.5. The summed E-state index contributed by atoms with van der Waals surface area (Å²) in [5.41, 5.74) is 2.73. The Labute approximate surface area is 125 Å². The molecule has 2 atom stereocenters. The largest absolute Gasteiger partial charge is 0.376 e. The van der Waals surface area contributed by atoms with Gasteiger partial charge in [-0.05, 0) is 40.2 Å². The van der Waals surface area contributed by atoms with Gasteiger partial charge < -0.3 is 9.72 Å². The predicted octanol–water partition coefficient (Wildman–Crippen LogP) is 2.13. The molecule has 0 bridgehead atoms.